The Morgan fingerprint density at radius 1 is 1.38 bits per heavy atom. The molecule has 76 valence electrons. The number of rotatable bonds is 3. The van der Waals surface area contributed by atoms with Gasteiger partial charge in [-0.1, -0.05) is 6.92 Å². The van der Waals surface area contributed by atoms with Gasteiger partial charge in [0.15, 0.2) is 5.88 Å². The van der Waals surface area contributed by atoms with Crippen LogP contribution in [0.1, 0.15) is 19.8 Å². The highest BCUT2D eigenvalue weighted by Crippen LogP contribution is 2.27. The molecule has 1 aliphatic rings. The largest absolute Gasteiger partial charge is 0.533 e. The van der Waals surface area contributed by atoms with Crippen molar-refractivity contribution in [3.63, 3.8) is 0 Å². The monoisotopic (exact) mass is 199 g/mol. The lowest BCUT2D eigenvalue weighted by Crippen LogP contribution is -2.29. The van der Waals surface area contributed by atoms with Crippen molar-refractivity contribution < 1.29 is 4.43 Å². The van der Waals surface area contributed by atoms with E-state index < -0.39 is 8.32 Å². The van der Waals surface area contributed by atoms with Crippen LogP contribution in [0.25, 0.3) is 0 Å². The predicted molar refractivity (Wildman–Crippen MR) is 59.0 cm³/mol. The van der Waals surface area contributed by atoms with Crippen LogP contribution in [0.2, 0.25) is 19.6 Å². The summed E-state index contributed by atoms with van der Waals surface area (Å²) in [6.07, 6.45) is 2.32. The minimum atomic E-state index is -1.42. The van der Waals surface area contributed by atoms with Crippen molar-refractivity contribution in [2.45, 2.75) is 39.4 Å². The van der Waals surface area contributed by atoms with Gasteiger partial charge < -0.3 is 9.33 Å². The molecular weight excluding hydrogens is 178 g/mol. The van der Waals surface area contributed by atoms with E-state index >= 15 is 0 Å². The average molecular weight is 199 g/mol. The Labute approximate surface area is 82.7 Å². The molecule has 0 aliphatic carbocycles. The second kappa shape index (κ2) is 3.74. The van der Waals surface area contributed by atoms with Crippen LogP contribution in [-0.2, 0) is 4.43 Å². The number of nitrogens with zero attached hydrogens (tertiary/aromatic N) is 1. The molecule has 0 amide bonds. The lowest BCUT2D eigenvalue weighted by molar-refractivity contribution is 0.266. The Kier molecular flexibility index (Phi) is 3.06. The van der Waals surface area contributed by atoms with Crippen LogP contribution in [-0.4, -0.2) is 26.8 Å². The zero-order valence-corrected chi connectivity index (χ0v) is 10.5. The van der Waals surface area contributed by atoms with E-state index in [1.165, 1.54) is 17.9 Å². The number of hydrogen-bond donors (Lipinski definition) is 0. The van der Waals surface area contributed by atoms with Crippen molar-refractivity contribution >= 4 is 8.32 Å². The zero-order valence-electron chi connectivity index (χ0n) is 9.48. The molecule has 0 saturated carbocycles. The second-order valence-electron chi connectivity index (χ2n) is 4.65. The summed E-state index contributed by atoms with van der Waals surface area (Å²) in [4.78, 5) is 2.25. The van der Waals surface area contributed by atoms with E-state index in [1.807, 2.05) is 0 Å². The lowest BCUT2D eigenvalue weighted by atomic mass is 10.2. The molecule has 0 unspecified atom stereocenters. The molecule has 0 radical (unpaired) electrons. The Bertz CT molecular complexity index is 217. The highest BCUT2D eigenvalue weighted by Gasteiger charge is 2.25. The third kappa shape index (κ3) is 2.76. The smallest absolute Gasteiger partial charge is 0.244 e. The van der Waals surface area contributed by atoms with E-state index in [0.29, 0.717) is 0 Å². The molecule has 0 aromatic carbocycles. The molecule has 0 spiro atoms. The summed E-state index contributed by atoms with van der Waals surface area (Å²) < 4.78 is 6.06. The van der Waals surface area contributed by atoms with Crippen molar-refractivity contribution in [2.75, 3.05) is 13.6 Å². The minimum absolute atomic E-state index is 1.13. The van der Waals surface area contributed by atoms with Gasteiger partial charge in [0.05, 0.1) is 0 Å². The van der Waals surface area contributed by atoms with Crippen molar-refractivity contribution in [3.05, 3.63) is 11.5 Å². The van der Waals surface area contributed by atoms with Gasteiger partial charge in [-0.15, -0.1) is 0 Å². The summed E-state index contributed by atoms with van der Waals surface area (Å²) in [5.74, 6) is 1.17. The molecule has 0 saturated heterocycles. The van der Waals surface area contributed by atoms with E-state index in [-0.39, 0.29) is 0 Å². The van der Waals surface area contributed by atoms with Crippen LogP contribution in [0, 0.1) is 0 Å². The van der Waals surface area contributed by atoms with Gasteiger partial charge in [-0.05, 0) is 38.1 Å². The van der Waals surface area contributed by atoms with Crippen LogP contribution in [0.5, 0.6) is 0 Å². The van der Waals surface area contributed by atoms with E-state index in [2.05, 4.69) is 38.5 Å². The maximum absolute atomic E-state index is 6.06. The number of hydrogen-bond acceptors (Lipinski definition) is 2. The predicted octanol–water partition coefficient (Wildman–Crippen LogP) is 2.80. The maximum Gasteiger partial charge on any atom is 0.244 e. The van der Waals surface area contributed by atoms with Gasteiger partial charge in [-0.3, -0.25) is 0 Å². The van der Waals surface area contributed by atoms with Crippen LogP contribution in [0.3, 0.4) is 0 Å². The molecule has 0 aromatic rings. The molecular formula is C10H21NOSi. The normalized spacial score (nSPS) is 18.4. The molecule has 0 fully saturated rings. The van der Waals surface area contributed by atoms with Crippen LogP contribution < -0.4 is 0 Å². The summed E-state index contributed by atoms with van der Waals surface area (Å²) in [7, 11) is 0.701. The molecule has 0 bridgehead atoms. The van der Waals surface area contributed by atoms with Gasteiger partial charge in [0.2, 0.25) is 8.32 Å². The van der Waals surface area contributed by atoms with Gasteiger partial charge >= 0.3 is 0 Å². The Hall–Kier alpha value is -0.443. The fraction of sp³-hybridized carbons (Fsp3) is 0.800. The fourth-order valence-electron chi connectivity index (χ4n) is 1.55. The van der Waals surface area contributed by atoms with Crippen molar-refractivity contribution in [3.8, 4) is 0 Å². The van der Waals surface area contributed by atoms with E-state index in [9.17, 15) is 0 Å². The molecule has 1 rings (SSSR count). The second-order valence-corrected chi connectivity index (χ2v) is 9.08. The van der Waals surface area contributed by atoms with Gasteiger partial charge in [0.1, 0.15) is 0 Å². The molecule has 0 aromatic heterocycles. The topological polar surface area (TPSA) is 12.5 Å². The minimum Gasteiger partial charge on any atom is -0.533 e. The van der Waals surface area contributed by atoms with Crippen molar-refractivity contribution in [2.24, 2.45) is 0 Å². The van der Waals surface area contributed by atoms with E-state index in [0.717, 1.165) is 13.0 Å². The summed E-state index contributed by atoms with van der Waals surface area (Å²) in [5, 5.41) is 0. The van der Waals surface area contributed by atoms with Crippen molar-refractivity contribution in [1.82, 2.24) is 4.90 Å². The zero-order chi connectivity index (χ0) is 10.1. The molecule has 1 aliphatic heterocycles. The molecule has 1 heterocycles. The molecule has 0 N–H and O–H groups in total. The van der Waals surface area contributed by atoms with Gasteiger partial charge in [-0.2, -0.15) is 0 Å². The van der Waals surface area contributed by atoms with E-state index in [4.69, 9.17) is 4.43 Å². The third-order valence-electron chi connectivity index (χ3n) is 2.23. The van der Waals surface area contributed by atoms with Crippen LogP contribution in [0.4, 0.5) is 0 Å². The average Bonchev–Trinajstić information content (AvgIpc) is 2.30. The lowest BCUT2D eigenvalue weighted by Gasteiger charge is -2.26. The quantitative estimate of drug-likeness (QED) is 0.648. The molecule has 0 atom stereocenters. The summed E-state index contributed by atoms with van der Waals surface area (Å²) in [5.41, 5.74) is 1.49. The first-order chi connectivity index (χ1) is 5.94. The maximum atomic E-state index is 6.06. The van der Waals surface area contributed by atoms with E-state index in [1.54, 1.807) is 0 Å². The molecule has 2 nitrogen and oxygen atoms in total. The third-order valence-corrected chi connectivity index (χ3v) is 3.03. The van der Waals surface area contributed by atoms with Crippen LogP contribution in [0.15, 0.2) is 11.5 Å². The van der Waals surface area contributed by atoms with Crippen molar-refractivity contribution in [1.29, 1.82) is 0 Å². The molecule has 3 heteroatoms. The molecule has 13 heavy (non-hydrogen) atoms. The Balaban J connectivity index is 2.74. The standard InChI is InChI=1S/C10H21NOSi/c1-6-9-7-8-11(2)10(9)12-13(3,4)5/h6-8H2,1-5H3. The summed E-state index contributed by atoms with van der Waals surface area (Å²) in [6.45, 7) is 10.0. The Morgan fingerprint density at radius 3 is 2.46 bits per heavy atom. The van der Waals surface area contributed by atoms with Crippen LogP contribution >= 0.6 is 0 Å². The summed E-state index contributed by atoms with van der Waals surface area (Å²) in [6, 6.07) is 0. The van der Waals surface area contributed by atoms with Gasteiger partial charge in [0, 0.05) is 13.6 Å². The van der Waals surface area contributed by atoms with Gasteiger partial charge in [0.25, 0.3) is 0 Å². The highest BCUT2D eigenvalue weighted by molar-refractivity contribution is 6.70. The highest BCUT2D eigenvalue weighted by atomic mass is 28.4. The fourth-order valence-corrected chi connectivity index (χ4v) is 2.43. The van der Waals surface area contributed by atoms with Gasteiger partial charge in [-0.25, -0.2) is 0 Å². The first kappa shape index (κ1) is 10.6. The SMILES string of the molecule is CCC1=C(O[Si](C)(C)C)N(C)CC1. The first-order valence-corrected chi connectivity index (χ1v) is 8.47. The Morgan fingerprint density at radius 2 is 2.00 bits per heavy atom. The first-order valence-electron chi connectivity index (χ1n) is 5.06. The summed E-state index contributed by atoms with van der Waals surface area (Å²) >= 11 is 0.